The van der Waals surface area contributed by atoms with E-state index in [2.05, 4.69) is 15.5 Å². The number of hydrogen-bond donors (Lipinski definition) is 0. The first-order valence-corrected chi connectivity index (χ1v) is 9.56. The maximum atomic E-state index is 6.08. The van der Waals surface area contributed by atoms with Gasteiger partial charge in [0.05, 0.1) is 21.9 Å². The summed E-state index contributed by atoms with van der Waals surface area (Å²) in [6.45, 7) is 0.369. The van der Waals surface area contributed by atoms with E-state index < -0.39 is 0 Å². The molecule has 0 aliphatic heterocycles. The summed E-state index contributed by atoms with van der Waals surface area (Å²) in [5, 5.41) is 14.4. The van der Waals surface area contributed by atoms with Crippen LogP contribution in [0.15, 0.2) is 53.8 Å². The highest BCUT2D eigenvalue weighted by molar-refractivity contribution is 6.42. The molecule has 8 heteroatoms. The fourth-order valence-corrected chi connectivity index (χ4v) is 3.00. The minimum Gasteiger partial charge on any atom is -0.391 e. The van der Waals surface area contributed by atoms with Crippen molar-refractivity contribution < 1.29 is 4.84 Å². The number of hydrogen-bond acceptors (Lipinski definition) is 4. The maximum absolute atomic E-state index is 6.08. The normalized spacial score (nSPS) is 14.4. The molecule has 1 aliphatic carbocycles. The van der Waals surface area contributed by atoms with Crippen LogP contribution in [0.2, 0.25) is 15.1 Å². The molecular formula is C19H15Cl3N4O. The molecule has 1 aromatic heterocycles. The zero-order chi connectivity index (χ0) is 18.8. The van der Waals surface area contributed by atoms with Crippen molar-refractivity contribution in [1.82, 2.24) is 15.0 Å². The highest BCUT2D eigenvalue weighted by Crippen LogP contribution is 2.33. The summed E-state index contributed by atoms with van der Waals surface area (Å²) in [5.41, 5.74) is 3.29. The average molecular weight is 422 g/mol. The van der Waals surface area contributed by atoms with Crippen LogP contribution in [0.5, 0.6) is 0 Å². The number of rotatable bonds is 6. The van der Waals surface area contributed by atoms with Crippen LogP contribution in [-0.4, -0.2) is 20.7 Å². The van der Waals surface area contributed by atoms with Crippen molar-refractivity contribution in [3.05, 3.63) is 75.0 Å². The van der Waals surface area contributed by atoms with Crippen molar-refractivity contribution >= 4 is 40.5 Å². The summed E-state index contributed by atoms with van der Waals surface area (Å²) in [6.07, 6.45) is 3.97. The van der Waals surface area contributed by atoms with Gasteiger partial charge in [0.15, 0.2) is 0 Å². The topological polar surface area (TPSA) is 52.3 Å². The van der Waals surface area contributed by atoms with Crippen LogP contribution in [-0.2, 0) is 11.4 Å². The van der Waals surface area contributed by atoms with E-state index in [0.29, 0.717) is 33.3 Å². The van der Waals surface area contributed by atoms with E-state index in [9.17, 15) is 0 Å². The molecule has 2 aromatic carbocycles. The highest BCUT2D eigenvalue weighted by Gasteiger charge is 2.31. The van der Waals surface area contributed by atoms with Crippen LogP contribution in [0, 0.1) is 5.92 Å². The Morgan fingerprint density at radius 3 is 2.56 bits per heavy atom. The predicted octanol–water partition coefficient (Wildman–Crippen LogP) is 5.56. The van der Waals surface area contributed by atoms with Crippen LogP contribution in [0.25, 0.3) is 5.69 Å². The number of nitrogens with zero attached hydrogens (tertiary/aromatic N) is 4. The van der Waals surface area contributed by atoms with Crippen molar-refractivity contribution in [3.63, 3.8) is 0 Å². The molecule has 0 atom stereocenters. The molecule has 0 amide bonds. The zero-order valence-corrected chi connectivity index (χ0v) is 16.4. The number of aromatic nitrogens is 3. The highest BCUT2D eigenvalue weighted by atomic mass is 35.5. The molecule has 0 saturated heterocycles. The standard InChI is InChI=1S/C19H15Cl3N4O/c20-14-5-1-12(2-6-14)11-27-24-19(13-3-4-13)18-10-26(25-23-18)15-7-8-16(21)17(22)9-15/h1-2,5-10,13H,3-4,11H2. The van der Waals surface area contributed by atoms with Gasteiger partial charge in [-0.3, -0.25) is 0 Å². The first-order chi connectivity index (χ1) is 13.1. The second kappa shape index (κ2) is 7.89. The Labute approximate surface area is 171 Å². The van der Waals surface area contributed by atoms with E-state index in [1.807, 2.05) is 36.5 Å². The molecule has 0 unspecified atom stereocenters. The molecule has 0 N–H and O–H groups in total. The Bertz CT molecular complexity index is 981. The Hall–Kier alpha value is -2.08. The molecule has 3 aromatic rings. The van der Waals surface area contributed by atoms with Gasteiger partial charge in [-0.15, -0.1) is 5.10 Å². The van der Waals surface area contributed by atoms with Gasteiger partial charge in [-0.1, -0.05) is 57.3 Å². The Balaban J connectivity index is 1.51. The molecule has 5 nitrogen and oxygen atoms in total. The largest absolute Gasteiger partial charge is 0.391 e. The summed E-state index contributed by atoms with van der Waals surface area (Å²) in [6, 6.07) is 12.8. The molecule has 0 radical (unpaired) electrons. The molecule has 1 saturated carbocycles. The van der Waals surface area contributed by atoms with Gasteiger partial charge in [-0.05, 0) is 48.7 Å². The van der Waals surface area contributed by atoms with Crippen LogP contribution in [0.4, 0.5) is 0 Å². The van der Waals surface area contributed by atoms with Gasteiger partial charge in [0, 0.05) is 10.9 Å². The van der Waals surface area contributed by atoms with E-state index in [1.165, 1.54) is 0 Å². The van der Waals surface area contributed by atoms with Crippen molar-refractivity contribution in [3.8, 4) is 5.69 Å². The smallest absolute Gasteiger partial charge is 0.142 e. The van der Waals surface area contributed by atoms with Gasteiger partial charge < -0.3 is 4.84 Å². The Morgan fingerprint density at radius 1 is 1.07 bits per heavy atom. The van der Waals surface area contributed by atoms with E-state index in [-0.39, 0.29) is 0 Å². The van der Waals surface area contributed by atoms with Crippen LogP contribution in [0.1, 0.15) is 24.1 Å². The van der Waals surface area contributed by atoms with Gasteiger partial charge in [-0.25, -0.2) is 4.68 Å². The zero-order valence-electron chi connectivity index (χ0n) is 14.1. The van der Waals surface area contributed by atoms with Crippen molar-refractivity contribution in [2.24, 2.45) is 11.1 Å². The molecular weight excluding hydrogens is 407 g/mol. The van der Waals surface area contributed by atoms with Crippen LogP contribution in [0.3, 0.4) is 0 Å². The lowest BCUT2D eigenvalue weighted by molar-refractivity contribution is 0.130. The number of halogens is 3. The SMILES string of the molecule is Clc1ccc(CON=C(c2cn(-c3ccc(Cl)c(Cl)c3)nn2)C2CC2)cc1. The Morgan fingerprint density at radius 2 is 1.85 bits per heavy atom. The second-order valence-electron chi connectivity index (χ2n) is 6.30. The van der Waals surface area contributed by atoms with Gasteiger partial charge in [-0.2, -0.15) is 0 Å². The maximum Gasteiger partial charge on any atom is 0.142 e. The molecule has 4 rings (SSSR count). The quantitative estimate of drug-likeness (QED) is 0.387. The first-order valence-electron chi connectivity index (χ1n) is 8.42. The van der Waals surface area contributed by atoms with E-state index >= 15 is 0 Å². The fourth-order valence-electron chi connectivity index (χ4n) is 2.58. The minimum atomic E-state index is 0.356. The molecule has 27 heavy (non-hydrogen) atoms. The van der Waals surface area contributed by atoms with E-state index in [4.69, 9.17) is 39.6 Å². The molecule has 0 bridgehead atoms. The fraction of sp³-hybridized carbons (Fsp3) is 0.211. The molecule has 1 aliphatic rings. The third-order valence-electron chi connectivity index (χ3n) is 4.19. The summed E-state index contributed by atoms with van der Waals surface area (Å²) >= 11 is 18.0. The minimum absolute atomic E-state index is 0.356. The molecule has 0 spiro atoms. The summed E-state index contributed by atoms with van der Waals surface area (Å²) in [7, 11) is 0. The third kappa shape index (κ3) is 4.43. The van der Waals surface area contributed by atoms with Gasteiger partial charge in [0.1, 0.15) is 18.0 Å². The van der Waals surface area contributed by atoms with Crippen LogP contribution >= 0.6 is 34.8 Å². The Kier molecular flexibility index (Phi) is 5.34. The first kappa shape index (κ1) is 18.3. The predicted molar refractivity (Wildman–Crippen MR) is 107 cm³/mol. The van der Waals surface area contributed by atoms with E-state index in [0.717, 1.165) is 29.8 Å². The number of benzene rings is 2. The van der Waals surface area contributed by atoms with Crippen molar-refractivity contribution in [2.45, 2.75) is 19.4 Å². The van der Waals surface area contributed by atoms with E-state index in [1.54, 1.807) is 16.8 Å². The van der Waals surface area contributed by atoms with Gasteiger partial charge in [0.2, 0.25) is 0 Å². The lowest BCUT2D eigenvalue weighted by Gasteiger charge is -2.04. The monoisotopic (exact) mass is 420 g/mol. The summed E-state index contributed by atoms with van der Waals surface area (Å²) in [5.74, 6) is 0.356. The molecule has 1 heterocycles. The molecule has 138 valence electrons. The summed E-state index contributed by atoms with van der Waals surface area (Å²) in [4.78, 5) is 5.56. The number of oxime groups is 1. The lowest BCUT2D eigenvalue weighted by Crippen LogP contribution is -2.05. The summed E-state index contributed by atoms with van der Waals surface area (Å²) < 4.78 is 1.65. The third-order valence-corrected chi connectivity index (χ3v) is 5.19. The van der Waals surface area contributed by atoms with Crippen LogP contribution < -0.4 is 0 Å². The lowest BCUT2D eigenvalue weighted by atomic mass is 10.2. The van der Waals surface area contributed by atoms with Gasteiger partial charge >= 0.3 is 0 Å². The van der Waals surface area contributed by atoms with Gasteiger partial charge in [0.25, 0.3) is 0 Å². The second-order valence-corrected chi connectivity index (χ2v) is 7.55. The molecule has 1 fully saturated rings. The van der Waals surface area contributed by atoms with Crippen molar-refractivity contribution in [1.29, 1.82) is 0 Å². The van der Waals surface area contributed by atoms with Crippen molar-refractivity contribution in [2.75, 3.05) is 0 Å². The average Bonchev–Trinajstić information content (AvgIpc) is 3.39.